The number of aliphatic imine (C=N–C) groups is 1. The second-order valence-electron chi connectivity index (χ2n) is 9.32. The van der Waals surface area contributed by atoms with Gasteiger partial charge in [0.2, 0.25) is 0 Å². The van der Waals surface area contributed by atoms with Gasteiger partial charge in [0.15, 0.2) is 5.17 Å². The van der Waals surface area contributed by atoms with E-state index < -0.39 is 11.7 Å². The average molecular weight is 563 g/mol. The molecule has 2 aliphatic heterocycles. The zero-order valence-corrected chi connectivity index (χ0v) is 22.2. The van der Waals surface area contributed by atoms with Crippen molar-refractivity contribution in [2.24, 2.45) is 4.99 Å². The summed E-state index contributed by atoms with van der Waals surface area (Å²) in [4.78, 5) is 21.8. The SMILES string of the molecule is CN1CCN(CCNC2=NC(=O)C(=Cc3ccc4c(cnn4Cc4ccc(Cl)cc4C(F)(F)F)c3)S2)CC1. The second-order valence-corrected chi connectivity index (χ2v) is 10.8. The first-order valence-electron chi connectivity index (χ1n) is 12.1. The van der Waals surface area contributed by atoms with E-state index in [1.165, 1.54) is 28.6 Å². The molecule has 1 aromatic heterocycles. The van der Waals surface area contributed by atoms with Gasteiger partial charge in [0.05, 0.1) is 28.7 Å². The summed E-state index contributed by atoms with van der Waals surface area (Å²) in [5.41, 5.74) is 0.767. The van der Waals surface area contributed by atoms with Gasteiger partial charge in [-0.2, -0.15) is 23.3 Å². The molecule has 2 aliphatic rings. The number of fused-ring (bicyclic) bond motifs is 1. The summed E-state index contributed by atoms with van der Waals surface area (Å²) in [6, 6.07) is 9.20. The summed E-state index contributed by atoms with van der Waals surface area (Å²) in [6.07, 6.45) is -1.15. The molecule has 0 atom stereocenters. The van der Waals surface area contributed by atoms with Crippen molar-refractivity contribution in [3.63, 3.8) is 0 Å². The van der Waals surface area contributed by atoms with Crippen LogP contribution >= 0.6 is 23.4 Å². The molecule has 5 rings (SSSR count). The third-order valence-corrected chi connectivity index (χ3v) is 7.76. The highest BCUT2D eigenvalue weighted by Gasteiger charge is 2.33. The summed E-state index contributed by atoms with van der Waals surface area (Å²) >= 11 is 7.10. The first kappa shape index (κ1) is 26.7. The highest BCUT2D eigenvalue weighted by atomic mass is 35.5. The minimum Gasteiger partial charge on any atom is -0.363 e. The number of amidine groups is 1. The third kappa shape index (κ3) is 6.23. The van der Waals surface area contributed by atoms with Crippen LogP contribution in [-0.4, -0.2) is 77.0 Å². The summed E-state index contributed by atoms with van der Waals surface area (Å²) in [6.45, 7) is 5.72. The maximum Gasteiger partial charge on any atom is 0.416 e. The molecule has 0 spiro atoms. The number of nitrogens with one attached hydrogen (secondary N) is 1. The Hall–Kier alpha value is -2.86. The van der Waals surface area contributed by atoms with Gasteiger partial charge >= 0.3 is 6.18 Å². The molecular formula is C26H26ClF3N6OS. The van der Waals surface area contributed by atoms with E-state index in [-0.39, 0.29) is 23.0 Å². The van der Waals surface area contributed by atoms with E-state index in [0.717, 1.165) is 49.7 Å². The van der Waals surface area contributed by atoms with Crippen LogP contribution in [0.25, 0.3) is 17.0 Å². The number of aromatic nitrogens is 2. The van der Waals surface area contributed by atoms with Gasteiger partial charge in [-0.05, 0) is 60.3 Å². The fourth-order valence-electron chi connectivity index (χ4n) is 4.46. The van der Waals surface area contributed by atoms with Crippen molar-refractivity contribution >= 4 is 51.4 Å². The number of likely N-dealkylation sites (N-methyl/N-ethyl adjacent to an activating group) is 1. The van der Waals surface area contributed by atoms with Crippen LogP contribution in [-0.2, 0) is 17.5 Å². The van der Waals surface area contributed by atoms with E-state index >= 15 is 0 Å². The Morgan fingerprint density at radius 1 is 1.13 bits per heavy atom. The number of carbonyl (C=O) groups excluding carboxylic acids is 1. The van der Waals surface area contributed by atoms with Crippen LogP contribution in [0.15, 0.2) is 52.5 Å². The molecule has 0 bridgehead atoms. The molecule has 1 fully saturated rings. The predicted octanol–water partition coefficient (Wildman–Crippen LogP) is 4.56. The molecule has 0 radical (unpaired) electrons. The molecule has 2 aromatic carbocycles. The molecule has 1 saturated heterocycles. The molecule has 12 heteroatoms. The minimum absolute atomic E-state index is 0.0285. The Balaban J connectivity index is 1.24. The van der Waals surface area contributed by atoms with Crippen molar-refractivity contribution in [2.75, 3.05) is 46.3 Å². The van der Waals surface area contributed by atoms with Gasteiger partial charge in [-0.3, -0.25) is 14.4 Å². The number of thioether (sulfide) groups is 1. The molecule has 1 amide bonds. The Morgan fingerprint density at radius 3 is 2.68 bits per heavy atom. The number of amides is 1. The molecule has 200 valence electrons. The van der Waals surface area contributed by atoms with E-state index in [9.17, 15) is 18.0 Å². The number of benzene rings is 2. The molecule has 38 heavy (non-hydrogen) atoms. The lowest BCUT2D eigenvalue weighted by atomic mass is 10.1. The summed E-state index contributed by atoms with van der Waals surface area (Å²) in [5, 5.41) is 8.92. The fourth-order valence-corrected chi connectivity index (χ4v) is 5.47. The van der Waals surface area contributed by atoms with Gasteiger partial charge in [0, 0.05) is 49.7 Å². The Morgan fingerprint density at radius 2 is 1.92 bits per heavy atom. The van der Waals surface area contributed by atoms with Crippen molar-refractivity contribution in [3.8, 4) is 0 Å². The quantitative estimate of drug-likeness (QED) is 0.444. The van der Waals surface area contributed by atoms with Crippen LogP contribution in [0.4, 0.5) is 13.2 Å². The molecule has 0 unspecified atom stereocenters. The Labute approximate surface area is 227 Å². The van der Waals surface area contributed by atoms with Crippen molar-refractivity contribution in [1.82, 2.24) is 24.9 Å². The Bertz CT molecular complexity index is 1410. The molecule has 1 N–H and O–H groups in total. The normalized spacial score (nSPS) is 18.5. The lowest BCUT2D eigenvalue weighted by Crippen LogP contribution is -2.46. The number of rotatable bonds is 6. The molecule has 7 nitrogen and oxygen atoms in total. The molecule has 0 aliphatic carbocycles. The largest absolute Gasteiger partial charge is 0.416 e. The maximum atomic E-state index is 13.5. The van der Waals surface area contributed by atoms with Crippen LogP contribution in [0.1, 0.15) is 16.7 Å². The molecule has 0 saturated carbocycles. The zero-order valence-electron chi connectivity index (χ0n) is 20.6. The van der Waals surface area contributed by atoms with E-state index in [1.807, 2.05) is 12.1 Å². The number of nitrogens with zero attached hydrogens (tertiary/aromatic N) is 5. The number of hydrogen-bond donors (Lipinski definition) is 1. The van der Waals surface area contributed by atoms with Gasteiger partial charge in [0.25, 0.3) is 5.91 Å². The van der Waals surface area contributed by atoms with E-state index in [1.54, 1.807) is 18.3 Å². The van der Waals surface area contributed by atoms with Crippen LogP contribution in [0.2, 0.25) is 5.02 Å². The van der Waals surface area contributed by atoms with Crippen molar-refractivity contribution in [3.05, 3.63) is 69.2 Å². The first-order chi connectivity index (χ1) is 18.2. The highest BCUT2D eigenvalue weighted by molar-refractivity contribution is 8.18. The number of hydrogen-bond acceptors (Lipinski definition) is 6. The molecule has 3 aromatic rings. The van der Waals surface area contributed by atoms with Crippen molar-refractivity contribution in [1.29, 1.82) is 0 Å². The van der Waals surface area contributed by atoms with Gasteiger partial charge in [-0.25, -0.2) is 0 Å². The standard InChI is InChI=1S/C26H26ClF3N6OS/c1-34-8-10-35(11-9-34)7-6-31-25-33-24(37)23(38-25)13-17-2-5-22-19(12-17)15-32-36(22)16-18-3-4-20(27)14-21(18)26(28,29)30/h2-5,12-15H,6-11,16H2,1H3,(H,31,33,37). The minimum atomic E-state index is -4.52. The first-order valence-corrected chi connectivity index (χ1v) is 13.3. The smallest absolute Gasteiger partial charge is 0.363 e. The summed E-state index contributed by atoms with van der Waals surface area (Å²) in [7, 11) is 2.12. The van der Waals surface area contributed by atoms with Crippen LogP contribution in [0.5, 0.6) is 0 Å². The lowest BCUT2D eigenvalue weighted by molar-refractivity contribution is -0.138. The fraction of sp³-hybridized carbons (Fsp3) is 0.346. The van der Waals surface area contributed by atoms with E-state index in [2.05, 4.69) is 32.3 Å². The molecular weight excluding hydrogens is 537 g/mol. The number of piperazine rings is 1. The zero-order chi connectivity index (χ0) is 26.9. The van der Waals surface area contributed by atoms with Gasteiger partial charge < -0.3 is 10.2 Å². The monoisotopic (exact) mass is 562 g/mol. The van der Waals surface area contributed by atoms with Gasteiger partial charge in [-0.15, -0.1) is 0 Å². The van der Waals surface area contributed by atoms with Crippen molar-refractivity contribution in [2.45, 2.75) is 12.7 Å². The van der Waals surface area contributed by atoms with E-state index in [0.29, 0.717) is 22.1 Å². The van der Waals surface area contributed by atoms with Crippen LogP contribution in [0, 0.1) is 0 Å². The van der Waals surface area contributed by atoms with Crippen LogP contribution in [0.3, 0.4) is 0 Å². The summed E-state index contributed by atoms with van der Waals surface area (Å²) in [5.74, 6) is -0.296. The van der Waals surface area contributed by atoms with Gasteiger partial charge in [-0.1, -0.05) is 23.7 Å². The number of carbonyl (C=O) groups is 1. The van der Waals surface area contributed by atoms with E-state index in [4.69, 9.17) is 11.6 Å². The topological polar surface area (TPSA) is 65.8 Å². The van der Waals surface area contributed by atoms with Gasteiger partial charge in [0.1, 0.15) is 0 Å². The lowest BCUT2D eigenvalue weighted by Gasteiger charge is -2.32. The Kier molecular flexibility index (Phi) is 7.80. The van der Waals surface area contributed by atoms with Crippen molar-refractivity contribution < 1.29 is 18.0 Å². The number of halogens is 4. The summed E-state index contributed by atoms with van der Waals surface area (Å²) < 4.78 is 42.0. The third-order valence-electron chi connectivity index (χ3n) is 6.58. The second kappa shape index (κ2) is 11.1. The highest BCUT2D eigenvalue weighted by Crippen LogP contribution is 2.34. The number of alkyl halides is 3. The predicted molar refractivity (Wildman–Crippen MR) is 145 cm³/mol. The average Bonchev–Trinajstić information content (AvgIpc) is 3.43. The van der Waals surface area contributed by atoms with Crippen LogP contribution < -0.4 is 5.32 Å². The molecule has 3 heterocycles. The maximum absolute atomic E-state index is 13.5.